The Labute approximate surface area is 151 Å². The highest BCUT2D eigenvalue weighted by Crippen LogP contribution is 2.24. The van der Waals surface area contributed by atoms with E-state index in [1.54, 1.807) is 12.4 Å². The Morgan fingerprint density at radius 3 is 1.29 bits per heavy atom. The number of hydrogen-bond donors (Lipinski definition) is 0. The molecule has 2 nitrogen and oxygen atoms in total. The van der Waals surface area contributed by atoms with Gasteiger partial charge in [0.1, 0.15) is 0 Å². The first-order valence-corrected chi connectivity index (χ1v) is 8.15. The molecular formula is C20H14Cl2N2. The van der Waals surface area contributed by atoms with Crippen molar-refractivity contribution in [3.8, 4) is 0 Å². The standard InChI is InChI=1S/C20H14Cl2N2/c21-17-5-1-3-7-19(17)23-13-15-9-11-16(12-10-15)14-24-20-8-4-2-6-18(20)22/h1-14H. The van der Waals surface area contributed by atoms with E-state index in [0.29, 0.717) is 10.0 Å². The summed E-state index contributed by atoms with van der Waals surface area (Å²) in [4.78, 5) is 8.81. The van der Waals surface area contributed by atoms with Gasteiger partial charge in [-0.25, -0.2) is 0 Å². The van der Waals surface area contributed by atoms with Crippen LogP contribution >= 0.6 is 23.2 Å². The normalized spacial score (nSPS) is 11.4. The van der Waals surface area contributed by atoms with Crippen molar-refractivity contribution in [2.45, 2.75) is 0 Å². The SMILES string of the molecule is Clc1ccccc1N=Cc1ccc(C=Nc2ccccc2Cl)cc1. The molecule has 0 fully saturated rings. The molecule has 0 aliphatic heterocycles. The van der Waals surface area contributed by atoms with Gasteiger partial charge in [-0.1, -0.05) is 71.7 Å². The zero-order chi connectivity index (χ0) is 16.8. The molecule has 3 rings (SSSR count). The van der Waals surface area contributed by atoms with Crippen LogP contribution in [0.25, 0.3) is 0 Å². The van der Waals surface area contributed by atoms with Crippen LogP contribution in [-0.4, -0.2) is 12.4 Å². The Kier molecular flexibility index (Phi) is 5.42. The molecule has 3 aromatic rings. The molecule has 0 aromatic heterocycles. The average molecular weight is 353 g/mol. The molecular weight excluding hydrogens is 339 g/mol. The topological polar surface area (TPSA) is 24.7 Å². The molecule has 0 bridgehead atoms. The largest absolute Gasteiger partial charge is 0.255 e. The first-order valence-electron chi connectivity index (χ1n) is 7.39. The summed E-state index contributed by atoms with van der Waals surface area (Å²) in [5.74, 6) is 0. The van der Waals surface area contributed by atoms with Gasteiger partial charge in [-0.15, -0.1) is 0 Å². The van der Waals surface area contributed by atoms with Gasteiger partial charge >= 0.3 is 0 Å². The number of halogens is 2. The van der Waals surface area contributed by atoms with Crippen molar-refractivity contribution >= 4 is 47.0 Å². The first kappa shape index (κ1) is 16.4. The molecule has 0 N–H and O–H groups in total. The summed E-state index contributed by atoms with van der Waals surface area (Å²) in [7, 11) is 0. The quantitative estimate of drug-likeness (QED) is 0.479. The lowest BCUT2D eigenvalue weighted by Gasteiger charge is -1.99. The first-order chi connectivity index (χ1) is 11.7. The van der Waals surface area contributed by atoms with Crippen molar-refractivity contribution in [3.05, 3.63) is 94.0 Å². The number of benzene rings is 3. The van der Waals surface area contributed by atoms with Gasteiger partial charge < -0.3 is 0 Å². The second kappa shape index (κ2) is 7.91. The van der Waals surface area contributed by atoms with E-state index in [1.807, 2.05) is 72.8 Å². The third-order valence-electron chi connectivity index (χ3n) is 3.35. The Morgan fingerprint density at radius 2 is 0.917 bits per heavy atom. The molecule has 0 radical (unpaired) electrons. The molecule has 118 valence electrons. The maximum atomic E-state index is 6.09. The third kappa shape index (κ3) is 4.31. The molecule has 24 heavy (non-hydrogen) atoms. The maximum absolute atomic E-state index is 6.09. The zero-order valence-corrected chi connectivity index (χ0v) is 14.2. The fourth-order valence-electron chi connectivity index (χ4n) is 2.07. The van der Waals surface area contributed by atoms with Crippen molar-refractivity contribution in [1.29, 1.82) is 0 Å². The van der Waals surface area contributed by atoms with E-state index < -0.39 is 0 Å². The van der Waals surface area contributed by atoms with Crippen LogP contribution in [0, 0.1) is 0 Å². The minimum absolute atomic E-state index is 0.636. The van der Waals surface area contributed by atoms with Crippen molar-refractivity contribution in [2.24, 2.45) is 9.98 Å². The van der Waals surface area contributed by atoms with Crippen LogP contribution in [0.1, 0.15) is 11.1 Å². The molecule has 0 saturated heterocycles. The van der Waals surface area contributed by atoms with Crippen molar-refractivity contribution < 1.29 is 0 Å². The van der Waals surface area contributed by atoms with E-state index in [4.69, 9.17) is 23.2 Å². The maximum Gasteiger partial charge on any atom is 0.0816 e. The number of para-hydroxylation sites is 2. The summed E-state index contributed by atoms with van der Waals surface area (Å²) < 4.78 is 0. The highest BCUT2D eigenvalue weighted by atomic mass is 35.5. The van der Waals surface area contributed by atoms with Crippen LogP contribution in [0.5, 0.6) is 0 Å². The molecule has 0 aliphatic rings. The molecule has 0 amide bonds. The predicted octanol–water partition coefficient (Wildman–Crippen LogP) is 6.49. The van der Waals surface area contributed by atoms with E-state index in [2.05, 4.69) is 9.98 Å². The second-order valence-corrected chi connectivity index (χ2v) is 5.90. The number of aliphatic imine (C=N–C) groups is 2. The van der Waals surface area contributed by atoms with E-state index in [1.165, 1.54) is 0 Å². The molecule has 4 heteroatoms. The Bertz CT molecular complexity index is 810. The predicted molar refractivity (Wildman–Crippen MR) is 104 cm³/mol. The summed E-state index contributed by atoms with van der Waals surface area (Å²) in [6.45, 7) is 0. The second-order valence-electron chi connectivity index (χ2n) is 5.09. The van der Waals surface area contributed by atoms with Crippen molar-refractivity contribution in [2.75, 3.05) is 0 Å². The molecule has 0 saturated carbocycles. The number of rotatable bonds is 4. The van der Waals surface area contributed by atoms with E-state index in [9.17, 15) is 0 Å². The van der Waals surface area contributed by atoms with Crippen LogP contribution in [0.4, 0.5) is 11.4 Å². The summed E-state index contributed by atoms with van der Waals surface area (Å²) >= 11 is 12.2. The van der Waals surface area contributed by atoms with E-state index in [0.717, 1.165) is 22.5 Å². The number of hydrogen-bond acceptors (Lipinski definition) is 2. The molecule has 0 spiro atoms. The molecule has 0 atom stereocenters. The highest BCUT2D eigenvalue weighted by Gasteiger charge is 1.97. The minimum Gasteiger partial charge on any atom is -0.255 e. The van der Waals surface area contributed by atoms with Gasteiger partial charge in [-0.05, 0) is 35.4 Å². The fraction of sp³-hybridized carbons (Fsp3) is 0. The van der Waals surface area contributed by atoms with Gasteiger partial charge in [0.15, 0.2) is 0 Å². The Balaban J connectivity index is 1.72. The Morgan fingerprint density at radius 1 is 0.542 bits per heavy atom. The zero-order valence-electron chi connectivity index (χ0n) is 12.7. The van der Waals surface area contributed by atoms with Crippen LogP contribution in [-0.2, 0) is 0 Å². The smallest absolute Gasteiger partial charge is 0.0816 e. The number of nitrogens with zero attached hydrogens (tertiary/aromatic N) is 2. The lowest BCUT2D eigenvalue weighted by atomic mass is 10.1. The fourth-order valence-corrected chi connectivity index (χ4v) is 2.44. The van der Waals surface area contributed by atoms with Gasteiger partial charge in [0.05, 0.1) is 21.4 Å². The summed E-state index contributed by atoms with van der Waals surface area (Å²) in [5, 5.41) is 1.27. The lowest BCUT2D eigenvalue weighted by molar-refractivity contribution is 1.51. The van der Waals surface area contributed by atoms with E-state index >= 15 is 0 Å². The lowest BCUT2D eigenvalue weighted by Crippen LogP contribution is -1.84. The average Bonchev–Trinajstić information content (AvgIpc) is 2.61. The molecule has 3 aromatic carbocycles. The molecule has 0 unspecified atom stereocenters. The monoisotopic (exact) mass is 352 g/mol. The molecule has 0 heterocycles. The molecule has 0 aliphatic carbocycles. The van der Waals surface area contributed by atoms with Crippen molar-refractivity contribution in [3.63, 3.8) is 0 Å². The van der Waals surface area contributed by atoms with Crippen LogP contribution < -0.4 is 0 Å². The highest BCUT2D eigenvalue weighted by molar-refractivity contribution is 6.33. The van der Waals surface area contributed by atoms with Gasteiger partial charge in [0.2, 0.25) is 0 Å². The van der Waals surface area contributed by atoms with E-state index in [-0.39, 0.29) is 0 Å². The van der Waals surface area contributed by atoms with Gasteiger partial charge in [0.25, 0.3) is 0 Å². The van der Waals surface area contributed by atoms with Crippen LogP contribution in [0.2, 0.25) is 10.0 Å². The summed E-state index contributed by atoms with van der Waals surface area (Å²) in [6.07, 6.45) is 3.58. The summed E-state index contributed by atoms with van der Waals surface area (Å²) in [5.41, 5.74) is 3.49. The van der Waals surface area contributed by atoms with Gasteiger partial charge in [0, 0.05) is 12.4 Å². The van der Waals surface area contributed by atoms with Gasteiger partial charge in [-0.2, -0.15) is 0 Å². The Hall–Kier alpha value is -2.42. The van der Waals surface area contributed by atoms with Gasteiger partial charge in [-0.3, -0.25) is 9.98 Å². The van der Waals surface area contributed by atoms with Crippen LogP contribution in [0.15, 0.2) is 82.8 Å². The third-order valence-corrected chi connectivity index (χ3v) is 3.99. The van der Waals surface area contributed by atoms with Crippen molar-refractivity contribution in [1.82, 2.24) is 0 Å². The minimum atomic E-state index is 0.636. The van der Waals surface area contributed by atoms with Crippen LogP contribution in [0.3, 0.4) is 0 Å². The summed E-state index contributed by atoms with van der Waals surface area (Å²) in [6, 6.07) is 22.9.